The zero-order valence-corrected chi connectivity index (χ0v) is 14.3. The zero-order chi connectivity index (χ0) is 17.3. The van der Waals surface area contributed by atoms with E-state index in [9.17, 15) is 4.79 Å². The first kappa shape index (κ1) is 16.6. The second kappa shape index (κ2) is 6.72. The molecule has 5 unspecified atom stereocenters. The van der Waals surface area contributed by atoms with Crippen molar-refractivity contribution in [3.8, 4) is 11.6 Å². The molecule has 1 saturated heterocycles. The van der Waals surface area contributed by atoms with E-state index in [1.165, 1.54) is 13.2 Å². The van der Waals surface area contributed by atoms with Crippen molar-refractivity contribution < 1.29 is 13.9 Å². The van der Waals surface area contributed by atoms with Crippen LogP contribution in [0.25, 0.3) is 11.6 Å². The molecule has 0 aliphatic carbocycles. The average Bonchev–Trinajstić information content (AvgIpc) is 3.19. The Labute approximate surface area is 140 Å². The summed E-state index contributed by atoms with van der Waals surface area (Å²) in [5, 5.41) is 11.2. The number of carbonyl (C=O) groups is 1. The van der Waals surface area contributed by atoms with Crippen LogP contribution in [-0.4, -0.2) is 44.1 Å². The Morgan fingerprint density at radius 3 is 2.79 bits per heavy atom. The van der Waals surface area contributed by atoms with Crippen molar-refractivity contribution in [2.75, 3.05) is 0 Å². The van der Waals surface area contributed by atoms with Crippen molar-refractivity contribution in [1.82, 2.24) is 25.3 Å². The van der Waals surface area contributed by atoms with Gasteiger partial charge in [-0.3, -0.25) is 4.79 Å². The summed E-state index contributed by atoms with van der Waals surface area (Å²) in [6.07, 6.45) is 4.83. The van der Waals surface area contributed by atoms with Crippen LogP contribution in [-0.2, 0) is 16.1 Å². The predicted molar refractivity (Wildman–Crippen MR) is 85.8 cm³/mol. The molecule has 1 aliphatic rings. The molecule has 0 aromatic carbocycles. The maximum atomic E-state index is 11.4. The lowest BCUT2D eigenvalue weighted by molar-refractivity contribution is -0.135. The molecule has 0 spiro atoms. The molecule has 2 aromatic heterocycles. The fraction of sp³-hybridized carbons (Fsp3) is 0.625. The maximum Gasteiger partial charge on any atom is 0.248 e. The van der Waals surface area contributed by atoms with E-state index in [0.717, 1.165) is 0 Å². The van der Waals surface area contributed by atoms with Gasteiger partial charge in [0.05, 0.1) is 37.2 Å². The van der Waals surface area contributed by atoms with Gasteiger partial charge in [-0.2, -0.15) is 0 Å². The molecule has 1 amide bonds. The van der Waals surface area contributed by atoms with E-state index in [1.807, 2.05) is 6.92 Å². The predicted octanol–water partition coefficient (Wildman–Crippen LogP) is 1.50. The van der Waals surface area contributed by atoms with Crippen molar-refractivity contribution >= 4 is 5.91 Å². The summed E-state index contributed by atoms with van der Waals surface area (Å²) in [4.78, 5) is 15.5. The first-order valence-corrected chi connectivity index (χ1v) is 8.18. The van der Waals surface area contributed by atoms with E-state index in [1.54, 1.807) is 17.1 Å². The van der Waals surface area contributed by atoms with Gasteiger partial charge in [0.15, 0.2) is 5.69 Å². The molecule has 8 heteroatoms. The number of aromatic nitrogens is 4. The molecule has 130 valence electrons. The van der Waals surface area contributed by atoms with Gasteiger partial charge in [-0.15, -0.1) is 5.10 Å². The maximum absolute atomic E-state index is 11.4. The van der Waals surface area contributed by atoms with Gasteiger partial charge in [-0.1, -0.05) is 19.1 Å². The highest BCUT2D eigenvalue weighted by Crippen LogP contribution is 2.31. The fourth-order valence-corrected chi connectivity index (χ4v) is 3.29. The van der Waals surface area contributed by atoms with Crippen LogP contribution in [0.2, 0.25) is 0 Å². The molecular weight excluding hydrogens is 310 g/mol. The largest absolute Gasteiger partial charge is 0.443 e. The van der Waals surface area contributed by atoms with Crippen LogP contribution in [0.5, 0.6) is 0 Å². The van der Waals surface area contributed by atoms with Crippen molar-refractivity contribution in [1.29, 1.82) is 0 Å². The van der Waals surface area contributed by atoms with E-state index in [-0.39, 0.29) is 30.1 Å². The highest BCUT2D eigenvalue weighted by atomic mass is 16.5. The average molecular weight is 333 g/mol. The molecule has 0 saturated carbocycles. The Balaban J connectivity index is 1.68. The molecular formula is C16H23N5O3. The van der Waals surface area contributed by atoms with Gasteiger partial charge in [-0.05, 0) is 18.8 Å². The van der Waals surface area contributed by atoms with Crippen LogP contribution < -0.4 is 5.32 Å². The number of hydrogen-bond donors (Lipinski definition) is 1. The number of oxazole rings is 1. The third kappa shape index (κ3) is 3.33. The van der Waals surface area contributed by atoms with Gasteiger partial charge in [0.25, 0.3) is 0 Å². The molecule has 5 atom stereocenters. The van der Waals surface area contributed by atoms with Crippen molar-refractivity contribution in [2.24, 2.45) is 11.8 Å². The SMILES string of the molecule is CC(=O)NC1C(C)OC(Cn2cc(-c3ncco3)nn2)C(C)C1C. The van der Waals surface area contributed by atoms with Crippen molar-refractivity contribution in [3.05, 3.63) is 18.7 Å². The van der Waals surface area contributed by atoms with Crippen LogP contribution in [0.4, 0.5) is 0 Å². The summed E-state index contributed by atoms with van der Waals surface area (Å²) in [6.45, 7) is 8.42. The minimum absolute atomic E-state index is 0.000816. The standard InChI is InChI=1S/C16H23N5O3/c1-9-10(2)15(18-12(4)22)11(3)24-14(9)8-21-7-13(19-20-21)16-17-5-6-23-16/h5-7,9-11,14-15H,8H2,1-4H3,(H,18,22). The van der Waals surface area contributed by atoms with E-state index >= 15 is 0 Å². The molecule has 3 rings (SSSR count). The molecule has 3 heterocycles. The van der Waals surface area contributed by atoms with Crippen molar-refractivity contribution in [3.63, 3.8) is 0 Å². The van der Waals surface area contributed by atoms with E-state index in [4.69, 9.17) is 9.15 Å². The smallest absolute Gasteiger partial charge is 0.248 e. The van der Waals surface area contributed by atoms with E-state index < -0.39 is 0 Å². The number of carbonyl (C=O) groups excluding carboxylic acids is 1. The number of nitrogens with zero attached hydrogens (tertiary/aromatic N) is 4. The summed E-state index contributed by atoms with van der Waals surface area (Å²) in [6, 6.07) is 0.0207. The van der Waals surface area contributed by atoms with Gasteiger partial charge in [-0.25, -0.2) is 9.67 Å². The number of hydrogen-bond acceptors (Lipinski definition) is 6. The Morgan fingerprint density at radius 2 is 2.12 bits per heavy atom. The molecule has 1 aliphatic heterocycles. The van der Waals surface area contributed by atoms with Crippen LogP contribution in [0, 0.1) is 11.8 Å². The fourth-order valence-electron chi connectivity index (χ4n) is 3.29. The second-order valence-corrected chi connectivity index (χ2v) is 6.49. The minimum Gasteiger partial charge on any atom is -0.443 e. The molecule has 2 aromatic rings. The summed E-state index contributed by atoms with van der Waals surface area (Å²) in [7, 11) is 0. The quantitative estimate of drug-likeness (QED) is 0.911. The van der Waals surface area contributed by atoms with E-state index in [2.05, 4.69) is 34.5 Å². The molecule has 1 fully saturated rings. The second-order valence-electron chi connectivity index (χ2n) is 6.49. The lowest BCUT2D eigenvalue weighted by atomic mass is 9.80. The van der Waals surface area contributed by atoms with Crippen LogP contribution in [0.3, 0.4) is 0 Å². The van der Waals surface area contributed by atoms with E-state index in [0.29, 0.717) is 24.0 Å². The van der Waals surface area contributed by atoms with Gasteiger partial charge in [0.2, 0.25) is 11.8 Å². The molecule has 24 heavy (non-hydrogen) atoms. The summed E-state index contributed by atoms with van der Waals surface area (Å²) >= 11 is 0. The summed E-state index contributed by atoms with van der Waals surface area (Å²) < 4.78 is 13.1. The van der Waals surface area contributed by atoms with Gasteiger partial charge in [0.1, 0.15) is 6.26 Å². The Kier molecular flexibility index (Phi) is 4.66. The topological polar surface area (TPSA) is 95.1 Å². The Hall–Kier alpha value is -2.22. The van der Waals surface area contributed by atoms with Crippen LogP contribution >= 0.6 is 0 Å². The normalized spacial score (nSPS) is 30.2. The van der Waals surface area contributed by atoms with Gasteiger partial charge < -0.3 is 14.5 Å². The number of nitrogens with one attached hydrogen (secondary N) is 1. The van der Waals surface area contributed by atoms with Gasteiger partial charge in [0, 0.05) is 6.92 Å². The first-order chi connectivity index (χ1) is 11.5. The summed E-state index contributed by atoms with van der Waals surface area (Å²) in [5.74, 6) is 0.996. The summed E-state index contributed by atoms with van der Waals surface area (Å²) in [5.41, 5.74) is 0.598. The first-order valence-electron chi connectivity index (χ1n) is 8.18. The third-order valence-electron chi connectivity index (χ3n) is 4.80. The highest BCUT2D eigenvalue weighted by molar-refractivity contribution is 5.73. The van der Waals surface area contributed by atoms with Crippen LogP contribution in [0.1, 0.15) is 27.7 Å². The molecule has 0 bridgehead atoms. The van der Waals surface area contributed by atoms with Crippen LogP contribution in [0.15, 0.2) is 23.1 Å². The van der Waals surface area contributed by atoms with Crippen molar-refractivity contribution in [2.45, 2.75) is 52.5 Å². The molecule has 8 nitrogen and oxygen atoms in total. The number of amides is 1. The Bertz CT molecular complexity index is 684. The number of rotatable bonds is 4. The monoisotopic (exact) mass is 333 g/mol. The van der Waals surface area contributed by atoms with Gasteiger partial charge >= 0.3 is 0 Å². The Morgan fingerprint density at radius 1 is 1.33 bits per heavy atom. The molecule has 1 N–H and O–H groups in total. The minimum atomic E-state index is -0.0557. The number of ether oxygens (including phenoxy) is 1. The molecule has 0 radical (unpaired) electrons. The zero-order valence-electron chi connectivity index (χ0n) is 14.3. The highest BCUT2D eigenvalue weighted by Gasteiger charge is 2.40. The lowest BCUT2D eigenvalue weighted by Gasteiger charge is -2.44. The lowest BCUT2D eigenvalue weighted by Crippen LogP contribution is -2.56. The third-order valence-corrected chi connectivity index (χ3v) is 4.80.